The third-order valence-corrected chi connectivity index (χ3v) is 5.84. The number of fused-ring (bicyclic) bond motifs is 2. The van der Waals surface area contributed by atoms with Crippen LogP contribution in [0.2, 0.25) is 5.02 Å². The molecule has 0 saturated carbocycles. The van der Waals surface area contributed by atoms with Gasteiger partial charge in [-0.25, -0.2) is 0 Å². The highest BCUT2D eigenvalue weighted by molar-refractivity contribution is 6.33. The van der Waals surface area contributed by atoms with Gasteiger partial charge in [0.1, 0.15) is 5.58 Å². The van der Waals surface area contributed by atoms with Gasteiger partial charge in [0.15, 0.2) is 5.76 Å². The molecule has 0 unspecified atom stereocenters. The first-order valence-electron chi connectivity index (χ1n) is 10.4. The van der Waals surface area contributed by atoms with Crippen LogP contribution in [0.4, 0.5) is 0 Å². The van der Waals surface area contributed by atoms with Crippen molar-refractivity contribution in [3.63, 3.8) is 0 Å². The molecule has 0 radical (unpaired) electrons. The van der Waals surface area contributed by atoms with E-state index in [0.717, 1.165) is 4.90 Å². The number of amides is 2. The van der Waals surface area contributed by atoms with Crippen molar-refractivity contribution in [3.8, 4) is 17.1 Å². The minimum absolute atomic E-state index is 0.0170. The molecule has 2 amide bonds. The number of carbonyl (C=O) groups excluding carboxylic acids is 3. The van der Waals surface area contributed by atoms with Crippen molar-refractivity contribution in [2.24, 2.45) is 0 Å². The number of halogens is 1. The minimum atomic E-state index is -0.799. The molecule has 34 heavy (non-hydrogen) atoms. The maximum absolute atomic E-state index is 13.2. The third kappa shape index (κ3) is 3.66. The second-order valence-electron chi connectivity index (χ2n) is 7.60. The number of rotatable bonds is 5. The predicted molar refractivity (Wildman–Crippen MR) is 125 cm³/mol. The molecule has 5 rings (SSSR count). The Morgan fingerprint density at radius 3 is 2.09 bits per heavy atom. The molecule has 0 fully saturated rings. The van der Waals surface area contributed by atoms with Crippen molar-refractivity contribution >= 4 is 40.4 Å². The lowest BCUT2D eigenvalue weighted by molar-refractivity contribution is -0.134. The van der Waals surface area contributed by atoms with Gasteiger partial charge in [-0.05, 0) is 36.4 Å². The lowest BCUT2D eigenvalue weighted by atomic mass is 10.1. The van der Waals surface area contributed by atoms with Crippen LogP contribution < -0.4 is 10.2 Å². The Morgan fingerprint density at radius 2 is 1.41 bits per heavy atom. The van der Waals surface area contributed by atoms with E-state index in [1.807, 2.05) is 0 Å². The van der Waals surface area contributed by atoms with E-state index in [0.29, 0.717) is 16.2 Å². The monoisotopic (exact) mass is 473 g/mol. The van der Waals surface area contributed by atoms with Crippen LogP contribution in [0.3, 0.4) is 0 Å². The van der Waals surface area contributed by atoms with E-state index in [9.17, 15) is 19.2 Å². The number of carbonyl (C=O) groups is 3. The number of ether oxygens (including phenoxy) is 1. The van der Waals surface area contributed by atoms with Crippen LogP contribution in [0.5, 0.6) is 5.75 Å². The molecule has 1 aliphatic rings. The van der Waals surface area contributed by atoms with Gasteiger partial charge in [-0.3, -0.25) is 24.1 Å². The Bertz CT molecular complexity index is 1510. The molecular weight excluding hydrogens is 458 g/mol. The molecule has 0 N–H and O–H groups in total. The summed E-state index contributed by atoms with van der Waals surface area (Å²) in [4.78, 5) is 52.0. The molecule has 1 aliphatic heterocycles. The predicted octanol–water partition coefficient (Wildman–Crippen LogP) is 4.71. The highest BCUT2D eigenvalue weighted by Crippen LogP contribution is 2.35. The molecule has 0 spiro atoms. The minimum Gasteiger partial charge on any atom is -0.452 e. The number of nitrogens with zero attached hydrogens (tertiary/aromatic N) is 1. The van der Waals surface area contributed by atoms with E-state index in [1.54, 1.807) is 72.8 Å². The number of para-hydroxylation sites is 1. The molecule has 3 aromatic carbocycles. The zero-order chi connectivity index (χ0) is 23.8. The van der Waals surface area contributed by atoms with Gasteiger partial charge in [0.25, 0.3) is 11.8 Å². The van der Waals surface area contributed by atoms with Gasteiger partial charge in [-0.1, -0.05) is 48.0 Å². The standard InChI is InChI=1S/C26H16ClNO6/c27-19-11-5-3-9-17(19)23-24(22(30)18-10-4-6-12-20(18)33-23)34-21(29)13-14-28-25(31)15-7-1-2-8-16(15)26(28)32/h1-12H,13-14H2. The quantitative estimate of drug-likeness (QED) is 0.308. The van der Waals surface area contributed by atoms with Crippen LogP contribution in [0.25, 0.3) is 22.3 Å². The normalized spacial score (nSPS) is 12.8. The number of esters is 1. The summed E-state index contributed by atoms with van der Waals surface area (Å²) in [5.41, 5.74) is 0.739. The van der Waals surface area contributed by atoms with E-state index in [2.05, 4.69) is 0 Å². The summed E-state index contributed by atoms with van der Waals surface area (Å²) in [6.07, 6.45) is -0.306. The van der Waals surface area contributed by atoms with E-state index < -0.39 is 23.2 Å². The van der Waals surface area contributed by atoms with Crippen molar-refractivity contribution in [1.29, 1.82) is 0 Å². The van der Waals surface area contributed by atoms with Crippen LogP contribution in [0.15, 0.2) is 82.0 Å². The number of hydrogen-bond donors (Lipinski definition) is 0. The molecule has 7 nitrogen and oxygen atoms in total. The summed E-state index contributed by atoms with van der Waals surface area (Å²) in [6.45, 7) is -0.189. The molecule has 0 aliphatic carbocycles. The zero-order valence-corrected chi connectivity index (χ0v) is 18.4. The summed E-state index contributed by atoms with van der Waals surface area (Å²) in [7, 11) is 0. The number of imide groups is 1. The molecule has 0 bridgehead atoms. The Morgan fingerprint density at radius 1 is 0.824 bits per heavy atom. The first-order chi connectivity index (χ1) is 16.5. The number of benzene rings is 3. The van der Waals surface area contributed by atoms with Crippen LogP contribution in [0, 0.1) is 0 Å². The molecule has 2 heterocycles. The van der Waals surface area contributed by atoms with Gasteiger partial charge in [0.05, 0.1) is 28.0 Å². The Balaban J connectivity index is 1.44. The van der Waals surface area contributed by atoms with Crippen molar-refractivity contribution < 1.29 is 23.5 Å². The van der Waals surface area contributed by atoms with Crippen molar-refractivity contribution in [1.82, 2.24) is 4.90 Å². The largest absolute Gasteiger partial charge is 0.452 e. The van der Waals surface area contributed by atoms with Crippen molar-refractivity contribution in [2.45, 2.75) is 6.42 Å². The highest BCUT2D eigenvalue weighted by Gasteiger charge is 2.35. The van der Waals surface area contributed by atoms with Gasteiger partial charge in [0.2, 0.25) is 11.2 Å². The van der Waals surface area contributed by atoms with Crippen molar-refractivity contribution in [3.05, 3.63) is 99.2 Å². The fraction of sp³-hybridized carbons (Fsp3) is 0.0769. The van der Waals surface area contributed by atoms with Gasteiger partial charge in [-0.15, -0.1) is 0 Å². The van der Waals surface area contributed by atoms with Crippen LogP contribution in [0.1, 0.15) is 27.1 Å². The molecule has 168 valence electrons. The average Bonchev–Trinajstić information content (AvgIpc) is 3.09. The van der Waals surface area contributed by atoms with Crippen LogP contribution >= 0.6 is 11.6 Å². The van der Waals surface area contributed by atoms with Gasteiger partial charge < -0.3 is 9.15 Å². The summed E-state index contributed by atoms with van der Waals surface area (Å²) in [5.74, 6) is -2.04. The maximum Gasteiger partial charge on any atom is 0.313 e. The maximum atomic E-state index is 13.2. The summed E-state index contributed by atoms with van der Waals surface area (Å²) < 4.78 is 11.4. The number of hydrogen-bond acceptors (Lipinski definition) is 6. The fourth-order valence-corrected chi connectivity index (χ4v) is 4.07. The van der Waals surface area contributed by atoms with Gasteiger partial charge in [0, 0.05) is 12.1 Å². The Kier molecular flexibility index (Phi) is 5.47. The second-order valence-corrected chi connectivity index (χ2v) is 8.00. The average molecular weight is 474 g/mol. The topological polar surface area (TPSA) is 93.9 Å². The highest BCUT2D eigenvalue weighted by atomic mass is 35.5. The first-order valence-corrected chi connectivity index (χ1v) is 10.8. The van der Waals surface area contributed by atoms with E-state index >= 15 is 0 Å². The summed E-state index contributed by atoms with van der Waals surface area (Å²) in [6, 6.07) is 19.7. The van der Waals surface area contributed by atoms with Crippen molar-refractivity contribution in [2.75, 3.05) is 6.54 Å². The lowest BCUT2D eigenvalue weighted by Crippen LogP contribution is -2.32. The lowest BCUT2D eigenvalue weighted by Gasteiger charge is -2.14. The molecule has 8 heteroatoms. The Hall–Kier alpha value is -4.23. The third-order valence-electron chi connectivity index (χ3n) is 5.51. The SMILES string of the molecule is O=C(CCN1C(=O)c2ccccc2C1=O)Oc1c(-c2ccccc2Cl)oc2ccccc2c1=O. The first kappa shape index (κ1) is 21.6. The summed E-state index contributed by atoms with van der Waals surface area (Å²) >= 11 is 6.31. The molecule has 0 saturated heterocycles. The van der Waals surface area contributed by atoms with E-state index in [4.69, 9.17) is 20.8 Å². The smallest absolute Gasteiger partial charge is 0.313 e. The second kappa shape index (κ2) is 8.61. The molecular formula is C26H16ClNO6. The molecule has 1 aromatic heterocycles. The fourth-order valence-electron chi connectivity index (χ4n) is 3.85. The molecule has 0 atom stereocenters. The van der Waals surface area contributed by atoms with E-state index in [1.165, 1.54) is 0 Å². The van der Waals surface area contributed by atoms with Gasteiger partial charge in [-0.2, -0.15) is 0 Å². The molecule has 4 aromatic rings. The van der Waals surface area contributed by atoms with Gasteiger partial charge >= 0.3 is 5.97 Å². The summed E-state index contributed by atoms with van der Waals surface area (Å²) in [5, 5.41) is 0.547. The van der Waals surface area contributed by atoms with Crippen LogP contribution in [-0.2, 0) is 4.79 Å². The van der Waals surface area contributed by atoms with E-state index in [-0.39, 0.29) is 41.0 Å². The Labute approximate surface area is 198 Å². The van der Waals surface area contributed by atoms with Crippen LogP contribution in [-0.4, -0.2) is 29.2 Å². The zero-order valence-electron chi connectivity index (χ0n) is 17.6.